The molecule has 0 heterocycles. The van der Waals surface area contributed by atoms with E-state index in [0.717, 1.165) is 56.9 Å². The Kier molecular flexibility index (Phi) is 10.1. The predicted molar refractivity (Wildman–Crippen MR) is 201 cm³/mol. The molecule has 0 radical (unpaired) electrons. The van der Waals surface area contributed by atoms with Crippen LogP contribution in [0, 0.1) is 62.1 Å². The normalized spacial score (nSPS) is 42.8. The van der Waals surface area contributed by atoms with Crippen LogP contribution in [0.5, 0.6) is 0 Å². The molecule has 6 aliphatic carbocycles. The fraction of sp³-hybridized carbons (Fsp3) is 0.886. The molecule has 0 aliphatic heterocycles. The zero-order valence-electron chi connectivity index (χ0n) is 33.8. The van der Waals surface area contributed by atoms with Gasteiger partial charge in [-0.05, 0) is 129 Å². The Morgan fingerprint density at radius 1 is 0.902 bits per heavy atom. The minimum Gasteiger partial charge on any atom is -0.481 e. The van der Waals surface area contributed by atoms with Gasteiger partial charge in [0.2, 0.25) is 0 Å². The SMILES string of the molecule is CC(C)C1=C2[C@H]3CC[C@@H]4[C@@]5(C)CC[C@H](OC(=O)CC(C)(C)C(=O)O)C(C)(C)[C@@H]5CC[C@@]4(C)[C@]3(C)CC[C@@]2([C@H](O)CNC2CCCCC2C)CC1=O. The van der Waals surface area contributed by atoms with E-state index < -0.39 is 28.9 Å². The third-order valence-corrected chi connectivity index (χ3v) is 17.2. The van der Waals surface area contributed by atoms with Crippen LogP contribution in [0.1, 0.15) is 159 Å². The molecule has 0 saturated heterocycles. The lowest BCUT2D eigenvalue weighted by atomic mass is 9.33. The number of aliphatic carboxylic acids is 1. The molecule has 11 atom stereocenters. The minimum atomic E-state index is -1.15. The Morgan fingerprint density at radius 3 is 2.24 bits per heavy atom. The number of carbonyl (C=O) groups excluding carboxylic acids is 2. The van der Waals surface area contributed by atoms with E-state index >= 15 is 0 Å². The van der Waals surface area contributed by atoms with Gasteiger partial charge in [0.1, 0.15) is 6.10 Å². The maximum Gasteiger partial charge on any atom is 0.309 e. The van der Waals surface area contributed by atoms with Gasteiger partial charge in [-0.25, -0.2) is 0 Å². The maximum absolute atomic E-state index is 14.1. The van der Waals surface area contributed by atoms with E-state index in [2.05, 4.69) is 60.7 Å². The number of carbonyl (C=O) groups is 3. The number of carboxylic acids is 1. The first-order valence-corrected chi connectivity index (χ1v) is 20.8. The summed E-state index contributed by atoms with van der Waals surface area (Å²) in [6.45, 7) is 22.7. The molecule has 3 N–H and O–H groups in total. The van der Waals surface area contributed by atoms with Gasteiger partial charge < -0.3 is 20.3 Å². The zero-order chi connectivity index (χ0) is 37.5. The van der Waals surface area contributed by atoms with Gasteiger partial charge in [0.05, 0.1) is 17.9 Å². The molecular formula is C44H71NO6. The van der Waals surface area contributed by atoms with Crippen molar-refractivity contribution in [3.05, 3.63) is 11.1 Å². The fourth-order valence-electron chi connectivity index (χ4n) is 14.0. The van der Waals surface area contributed by atoms with Crippen molar-refractivity contribution in [3.8, 4) is 0 Å². The van der Waals surface area contributed by atoms with Crippen LogP contribution in [0.4, 0.5) is 0 Å². The number of fused-ring (bicyclic) bond motifs is 7. The number of Topliss-reactive ketones (excluding diaryl/α,β-unsaturated/α-hetero) is 1. The van der Waals surface area contributed by atoms with Gasteiger partial charge in [0, 0.05) is 29.8 Å². The first-order valence-electron chi connectivity index (χ1n) is 20.8. The molecule has 0 aromatic heterocycles. The van der Waals surface area contributed by atoms with Crippen LogP contribution < -0.4 is 5.32 Å². The molecule has 51 heavy (non-hydrogen) atoms. The van der Waals surface area contributed by atoms with E-state index in [4.69, 9.17) is 4.74 Å². The molecular weight excluding hydrogens is 638 g/mol. The van der Waals surface area contributed by atoms with E-state index in [0.29, 0.717) is 42.7 Å². The highest BCUT2D eigenvalue weighted by Crippen LogP contribution is 2.77. The van der Waals surface area contributed by atoms with Gasteiger partial charge in [0.15, 0.2) is 5.78 Å². The van der Waals surface area contributed by atoms with E-state index in [9.17, 15) is 24.6 Å². The third-order valence-electron chi connectivity index (χ3n) is 17.2. The van der Waals surface area contributed by atoms with Crippen LogP contribution in [0.15, 0.2) is 11.1 Å². The topological polar surface area (TPSA) is 113 Å². The van der Waals surface area contributed by atoms with E-state index in [1.807, 2.05) is 0 Å². The molecule has 288 valence electrons. The second kappa shape index (κ2) is 13.2. The molecule has 0 bridgehead atoms. The number of allylic oxidation sites excluding steroid dienone is 1. The van der Waals surface area contributed by atoms with Crippen LogP contribution in [0.25, 0.3) is 0 Å². The average molecular weight is 710 g/mol. The van der Waals surface area contributed by atoms with E-state index in [-0.39, 0.29) is 45.9 Å². The maximum atomic E-state index is 14.1. The van der Waals surface area contributed by atoms with Gasteiger partial charge in [-0.2, -0.15) is 0 Å². The first-order chi connectivity index (χ1) is 23.7. The molecule has 5 saturated carbocycles. The smallest absolute Gasteiger partial charge is 0.309 e. The highest BCUT2D eigenvalue weighted by Gasteiger charge is 2.70. The summed E-state index contributed by atoms with van der Waals surface area (Å²) in [4.78, 5) is 38.9. The second-order valence-electron chi connectivity index (χ2n) is 20.8. The van der Waals surface area contributed by atoms with Crippen molar-refractivity contribution in [3.63, 3.8) is 0 Å². The standard InChI is InChI=1S/C44H71NO6/c1-26(2)36-30(46)23-44(33(47)25-45-29-14-12-11-13-27(29)3)22-21-42(9)28(37(36)44)15-16-32-41(8)19-18-34(51-35(48)24-39(4,5)38(49)50)40(6,7)31(41)17-20-43(32,42)10/h26-29,31-34,45,47H,11-25H2,1-10H3,(H,49,50)/t27?,28-,29?,31+,32-,33-,34+,41+,42-,43-,44+/m1/s1. The van der Waals surface area contributed by atoms with Crippen LogP contribution in [0.3, 0.4) is 0 Å². The Labute approximate surface area is 308 Å². The lowest BCUT2D eigenvalue weighted by Crippen LogP contribution is -2.66. The number of ether oxygens (including phenoxy) is 1. The Bertz CT molecular complexity index is 1430. The Hall–Kier alpha value is -1.73. The van der Waals surface area contributed by atoms with Crippen molar-refractivity contribution in [1.29, 1.82) is 0 Å². The van der Waals surface area contributed by atoms with Crippen LogP contribution in [-0.2, 0) is 19.1 Å². The second-order valence-corrected chi connectivity index (χ2v) is 20.8. The molecule has 6 aliphatic rings. The number of aliphatic hydroxyl groups excluding tert-OH is 1. The lowest BCUT2D eigenvalue weighted by molar-refractivity contribution is -0.235. The van der Waals surface area contributed by atoms with Crippen molar-refractivity contribution in [1.82, 2.24) is 5.32 Å². The van der Waals surface area contributed by atoms with E-state index in [1.54, 1.807) is 13.8 Å². The van der Waals surface area contributed by atoms with Gasteiger partial charge in [0.25, 0.3) is 0 Å². The molecule has 0 aromatic rings. The van der Waals surface area contributed by atoms with Gasteiger partial charge in [-0.15, -0.1) is 0 Å². The molecule has 7 nitrogen and oxygen atoms in total. The number of rotatable bonds is 9. The number of hydrogen-bond donors (Lipinski definition) is 3. The molecule has 0 spiro atoms. The zero-order valence-corrected chi connectivity index (χ0v) is 33.8. The van der Waals surface area contributed by atoms with Gasteiger partial charge >= 0.3 is 11.9 Å². The molecule has 0 amide bonds. The highest BCUT2D eigenvalue weighted by atomic mass is 16.5. The quantitative estimate of drug-likeness (QED) is 0.205. The molecule has 2 unspecified atom stereocenters. The monoisotopic (exact) mass is 710 g/mol. The van der Waals surface area contributed by atoms with Crippen molar-refractivity contribution >= 4 is 17.7 Å². The summed E-state index contributed by atoms with van der Waals surface area (Å²) in [6.07, 6.45) is 12.6. The largest absolute Gasteiger partial charge is 0.481 e. The Balaban J connectivity index is 1.27. The van der Waals surface area contributed by atoms with Gasteiger partial charge in [-0.1, -0.05) is 73.8 Å². The fourth-order valence-corrected chi connectivity index (χ4v) is 14.0. The number of esters is 1. The van der Waals surface area contributed by atoms with E-state index in [1.165, 1.54) is 31.3 Å². The first kappa shape index (κ1) is 39.0. The summed E-state index contributed by atoms with van der Waals surface area (Å²) in [6, 6.07) is 0.442. The van der Waals surface area contributed by atoms with Crippen LogP contribution >= 0.6 is 0 Å². The predicted octanol–water partition coefficient (Wildman–Crippen LogP) is 8.91. The van der Waals surface area contributed by atoms with Crippen molar-refractivity contribution in [2.45, 2.75) is 177 Å². The summed E-state index contributed by atoms with van der Waals surface area (Å²) >= 11 is 0. The third kappa shape index (κ3) is 6.00. The number of nitrogens with one attached hydrogen (secondary N) is 1. The van der Waals surface area contributed by atoms with Gasteiger partial charge in [-0.3, -0.25) is 14.4 Å². The summed E-state index contributed by atoms with van der Waals surface area (Å²) in [5.41, 5.74) is 0.724. The summed E-state index contributed by atoms with van der Waals surface area (Å²) < 4.78 is 6.17. The highest BCUT2D eigenvalue weighted by molar-refractivity contribution is 6.00. The summed E-state index contributed by atoms with van der Waals surface area (Å²) in [7, 11) is 0. The van der Waals surface area contributed by atoms with Crippen molar-refractivity contribution in [2.24, 2.45) is 62.1 Å². The number of ketones is 1. The molecule has 5 fully saturated rings. The summed E-state index contributed by atoms with van der Waals surface area (Å²) in [5.74, 6) is 0.846. The molecule has 0 aromatic carbocycles. The van der Waals surface area contributed by atoms with Crippen LogP contribution in [0.2, 0.25) is 0 Å². The van der Waals surface area contributed by atoms with Crippen molar-refractivity contribution in [2.75, 3.05) is 6.54 Å². The molecule has 6 rings (SSSR count). The average Bonchev–Trinajstić information content (AvgIpc) is 3.35. The summed E-state index contributed by atoms with van der Waals surface area (Å²) in [5, 5.41) is 25.7. The van der Waals surface area contributed by atoms with Crippen LogP contribution in [-0.4, -0.2) is 52.7 Å². The number of carboxylic acid groups (broad SMARTS) is 1. The lowest BCUT2D eigenvalue weighted by Gasteiger charge is -2.72. The number of hydrogen-bond acceptors (Lipinski definition) is 6. The minimum absolute atomic E-state index is 0.0222. The van der Waals surface area contributed by atoms with Crippen molar-refractivity contribution < 1.29 is 29.3 Å². The molecule has 7 heteroatoms. The Morgan fingerprint density at radius 2 is 1.59 bits per heavy atom. The number of aliphatic hydroxyl groups is 1.